The maximum Gasteiger partial charge on any atom is 0.163 e. The van der Waals surface area contributed by atoms with Crippen LogP contribution in [-0.2, 0) is 13.1 Å². The van der Waals surface area contributed by atoms with Crippen LogP contribution in [0.5, 0.6) is 0 Å². The van der Waals surface area contributed by atoms with Crippen LogP contribution in [0.3, 0.4) is 0 Å². The molecule has 1 aromatic carbocycles. The number of hydrogen-bond donors (Lipinski definition) is 1. The molecule has 0 unspecified atom stereocenters. The molecule has 0 atom stereocenters. The van der Waals surface area contributed by atoms with E-state index in [0.29, 0.717) is 5.69 Å². The molecule has 4 heteroatoms. The molecule has 1 aliphatic rings. The molecule has 0 amide bonds. The Hall–Kier alpha value is -2.12. The van der Waals surface area contributed by atoms with E-state index in [-0.39, 0.29) is 0 Å². The quantitative estimate of drug-likeness (QED) is 0.824. The summed E-state index contributed by atoms with van der Waals surface area (Å²) in [6.45, 7) is 4.58. The Balaban J connectivity index is 2.15. The molecule has 4 nitrogen and oxygen atoms in total. The summed E-state index contributed by atoms with van der Waals surface area (Å²) in [7, 11) is 0. The Labute approximate surface area is 106 Å². The highest BCUT2D eigenvalue weighted by Gasteiger charge is 2.20. The van der Waals surface area contributed by atoms with E-state index in [4.69, 9.17) is 5.26 Å². The van der Waals surface area contributed by atoms with Crippen LogP contribution < -0.4 is 5.32 Å². The highest BCUT2D eigenvalue weighted by molar-refractivity contribution is 5.58. The second kappa shape index (κ2) is 4.28. The lowest BCUT2D eigenvalue weighted by atomic mass is 10.1. The minimum Gasteiger partial charge on any atom is -0.324 e. The summed E-state index contributed by atoms with van der Waals surface area (Å²) in [5, 5.41) is 12.4. The van der Waals surface area contributed by atoms with Crippen molar-refractivity contribution in [1.82, 2.24) is 14.9 Å². The molecular formula is C14H14N4. The van der Waals surface area contributed by atoms with E-state index < -0.39 is 0 Å². The van der Waals surface area contributed by atoms with E-state index in [1.54, 1.807) is 0 Å². The largest absolute Gasteiger partial charge is 0.324 e. The zero-order valence-corrected chi connectivity index (χ0v) is 10.3. The molecule has 90 valence electrons. The lowest BCUT2D eigenvalue weighted by molar-refractivity contribution is 0.519. The molecule has 2 aromatic rings. The first-order valence-electron chi connectivity index (χ1n) is 6.07. The maximum absolute atomic E-state index is 9.14. The fraction of sp³-hybridized carbons (Fsp3) is 0.286. The molecule has 1 aliphatic heterocycles. The molecule has 2 heterocycles. The van der Waals surface area contributed by atoms with Crippen molar-refractivity contribution in [2.45, 2.75) is 20.0 Å². The molecule has 0 spiro atoms. The summed E-state index contributed by atoms with van der Waals surface area (Å²) in [6.07, 6.45) is 0. The van der Waals surface area contributed by atoms with E-state index in [1.165, 1.54) is 5.56 Å². The Morgan fingerprint density at radius 1 is 1.33 bits per heavy atom. The van der Waals surface area contributed by atoms with Gasteiger partial charge in [0.1, 0.15) is 11.9 Å². The molecule has 0 saturated heterocycles. The van der Waals surface area contributed by atoms with Crippen LogP contribution in [0.1, 0.15) is 17.0 Å². The number of benzene rings is 1. The van der Waals surface area contributed by atoms with Gasteiger partial charge in [-0.2, -0.15) is 5.26 Å². The van der Waals surface area contributed by atoms with Crippen molar-refractivity contribution in [3.05, 3.63) is 41.2 Å². The van der Waals surface area contributed by atoms with Crippen molar-refractivity contribution in [2.75, 3.05) is 6.54 Å². The number of hydrogen-bond acceptors (Lipinski definition) is 3. The molecule has 0 bridgehead atoms. The van der Waals surface area contributed by atoms with Gasteiger partial charge < -0.3 is 9.88 Å². The number of aryl methyl sites for hydroxylation is 1. The smallest absolute Gasteiger partial charge is 0.163 e. The molecule has 0 saturated carbocycles. The first-order valence-corrected chi connectivity index (χ1v) is 6.07. The molecule has 0 fully saturated rings. The first kappa shape index (κ1) is 11.0. The van der Waals surface area contributed by atoms with Gasteiger partial charge >= 0.3 is 0 Å². The summed E-state index contributed by atoms with van der Waals surface area (Å²) in [5.41, 5.74) is 3.84. The molecule has 1 N–H and O–H groups in total. The van der Waals surface area contributed by atoms with Crippen molar-refractivity contribution in [3.63, 3.8) is 0 Å². The van der Waals surface area contributed by atoms with Crippen LogP contribution in [0.2, 0.25) is 0 Å². The molecule has 18 heavy (non-hydrogen) atoms. The summed E-state index contributed by atoms with van der Waals surface area (Å²) < 4.78 is 2.15. The maximum atomic E-state index is 9.14. The van der Waals surface area contributed by atoms with Gasteiger partial charge in [-0.25, -0.2) is 4.98 Å². The van der Waals surface area contributed by atoms with E-state index in [9.17, 15) is 0 Å². The predicted octanol–water partition coefficient (Wildman–Crippen LogP) is 1.83. The Morgan fingerprint density at radius 3 is 2.83 bits per heavy atom. The van der Waals surface area contributed by atoms with Crippen molar-refractivity contribution in [1.29, 1.82) is 5.26 Å². The number of aromatic nitrogens is 2. The van der Waals surface area contributed by atoms with E-state index in [1.807, 2.05) is 0 Å². The Kier molecular flexibility index (Phi) is 2.62. The molecular weight excluding hydrogens is 224 g/mol. The third kappa shape index (κ3) is 1.69. The van der Waals surface area contributed by atoms with Gasteiger partial charge in [-0.3, -0.25) is 0 Å². The lowest BCUT2D eigenvalue weighted by Crippen LogP contribution is -2.28. The minimum absolute atomic E-state index is 0.540. The molecule has 3 rings (SSSR count). The zero-order chi connectivity index (χ0) is 12.5. The SMILES string of the molecule is Cc1ccc(-c2nc(C#N)c3n2CCNC3)cc1. The van der Waals surface area contributed by atoms with Gasteiger partial charge in [0.05, 0.1) is 5.69 Å². The summed E-state index contributed by atoms with van der Waals surface area (Å²) in [4.78, 5) is 4.47. The van der Waals surface area contributed by atoms with Crippen LogP contribution in [0.15, 0.2) is 24.3 Å². The second-order valence-electron chi connectivity index (χ2n) is 4.54. The normalized spacial score (nSPS) is 14.0. The number of rotatable bonds is 1. The highest BCUT2D eigenvalue weighted by Crippen LogP contribution is 2.24. The van der Waals surface area contributed by atoms with Crippen molar-refractivity contribution >= 4 is 0 Å². The first-order chi connectivity index (χ1) is 8.79. The van der Waals surface area contributed by atoms with Gasteiger partial charge in [0, 0.05) is 25.2 Å². The molecule has 1 aromatic heterocycles. The summed E-state index contributed by atoms with van der Waals surface area (Å²) in [5.74, 6) is 0.906. The van der Waals surface area contributed by atoms with Crippen LogP contribution in [-0.4, -0.2) is 16.1 Å². The second-order valence-corrected chi connectivity index (χ2v) is 4.54. The zero-order valence-electron chi connectivity index (χ0n) is 10.3. The van der Waals surface area contributed by atoms with Crippen molar-refractivity contribution in [2.24, 2.45) is 0 Å². The van der Waals surface area contributed by atoms with Crippen LogP contribution >= 0.6 is 0 Å². The number of fused-ring (bicyclic) bond motifs is 1. The lowest BCUT2D eigenvalue weighted by Gasteiger charge is -2.17. The number of nitrogens with one attached hydrogen (secondary N) is 1. The number of nitriles is 1. The van der Waals surface area contributed by atoms with Gasteiger partial charge in [0.15, 0.2) is 5.69 Å². The summed E-state index contributed by atoms with van der Waals surface area (Å²) >= 11 is 0. The van der Waals surface area contributed by atoms with E-state index in [0.717, 1.165) is 36.7 Å². The van der Waals surface area contributed by atoms with Crippen LogP contribution in [0, 0.1) is 18.3 Å². The van der Waals surface area contributed by atoms with Gasteiger partial charge in [-0.1, -0.05) is 29.8 Å². The molecule has 0 aliphatic carbocycles. The number of nitrogens with zero attached hydrogens (tertiary/aromatic N) is 3. The average molecular weight is 238 g/mol. The van der Waals surface area contributed by atoms with E-state index >= 15 is 0 Å². The summed E-state index contributed by atoms with van der Waals surface area (Å²) in [6, 6.07) is 10.5. The average Bonchev–Trinajstić information content (AvgIpc) is 2.79. The third-order valence-corrected chi connectivity index (χ3v) is 3.29. The topological polar surface area (TPSA) is 53.6 Å². The Bertz CT molecular complexity index is 616. The van der Waals surface area contributed by atoms with E-state index in [2.05, 4.69) is 52.1 Å². The standard InChI is InChI=1S/C14H14N4/c1-10-2-4-11(5-3-10)14-17-12(8-15)13-9-16-6-7-18(13)14/h2-5,16H,6-7,9H2,1H3. The van der Waals surface area contributed by atoms with Crippen molar-refractivity contribution < 1.29 is 0 Å². The Morgan fingerprint density at radius 2 is 2.11 bits per heavy atom. The van der Waals surface area contributed by atoms with Gasteiger partial charge in [0.2, 0.25) is 0 Å². The van der Waals surface area contributed by atoms with Crippen molar-refractivity contribution in [3.8, 4) is 17.5 Å². The molecule has 0 radical (unpaired) electrons. The fourth-order valence-corrected chi connectivity index (χ4v) is 2.32. The number of imidazole rings is 1. The monoisotopic (exact) mass is 238 g/mol. The van der Waals surface area contributed by atoms with Gasteiger partial charge in [0.25, 0.3) is 0 Å². The highest BCUT2D eigenvalue weighted by atomic mass is 15.2. The van der Waals surface area contributed by atoms with Gasteiger partial charge in [-0.15, -0.1) is 0 Å². The van der Waals surface area contributed by atoms with Gasteiger partial charge in [-0.05, 0) is 6.92 Å². The van der Waals surface area contributed by atoms with Crippen LogP contribution in [0.4, 0.5) is 0 Å². The fourth-order valence-electron chi connectivity index (χ4n) is 2.32. The predicted molar refractivity (Wildman–Crippen MR) is 68.8 cm³/mol. The minimum atomic E-state index is 0.540. The third-order valence-electron chi connectivity index (χ3n) is 3.29. The van der Waals surface area contributed by atoms with Crippen LogP contribution in [0.25, 0.3) is 11.4 Å².